The first-order valence-electron chi connectivity index (χ1n) is 10.2. The quantitative estimate of drug-likeness (QED) is 0.656. The Hall–Kier alpha value is -2.25. The van der Waals surface area contributed by atoms with E-state index in [1.807, 2.05) is 32.0 Å². The summed E-state index contributed by atoms with van der Waals surface area (Å²) in [5.41, 5.74) is 2.75. The molecule has 1 heterocycles. The van der Waals surface area contributed by atoms with Crippen LogP contribution in [0.25, 0.3) is 0 Å². The summed E-state index contributed by atoms with van der Waals surface area (Å²) in [5, 5.41) is 5.91. The molecule has 0 bridgehead atoms. The van der Waals surface area contributed by atoms with Crippen molar-refractivity contribution in [3.8, 4) is 0 Å². The molecule has 1 saturated heterocycles. The molecule has 30 heavy (non-hydrogen) atoms. The number of aryl methyl sites for hydroxylation is 1. The van der Waals surface area contributed by atoms with Gasteiger partial charge in [-0.1, -0.05) is 18.2 Å². The number of anilines is 1. The maximum atomic E-state index is 13.0. The number of amides is 2. The highest BCUT2D eigenvalue weighted by atomic mass is 79.9. The molecule has 0 radical (unpaired) electrons. The molecule has 160 valence electrons. The molecule has 2 amide bonds. The fourth-order valence-corrected chi connectivity index (χ4v) is 4.20. The molecule has 1 atom stereocenters. The van der Waals surface area contributed by atoms with Gasteiger partial charge in [-0.3, -0.25) is 14.5 Å². The van der Waals surface area contributed by atoms with E-state index in [0.717, 1.165) is 21.3 Å². The first-order valence-corrected chi connectivity index (χ1v) is 11.0. The van der Waals surface area contributed by atoms with Gasteiger partial charge in [0.05, 0.1) is 11.7 Å². The molecule has 0 aromatic heterocycles. The number of rotatable bonds is 6. The van der Waals surface area contributed by atoms with Crippen LogP contribution in [0.4, 0.5) is 10.1 Å². The third-order valence-corrected chi connectivity index (χ3v) is 6.25. The summed E-state index contributed by atoms with van der Waals surface area (Å²) in [6.45, 7) is 5.67. The van der Waals surface area contributed by atoms with E-state index in [9.17, 15) is 14.0 Å². The van der Waals surface area contributed by atoms with E-state index < -0.39 is 0 Å². The Bertz CT molecular complexity index is 896. The van der Waals surface area contributed by atoms with Crippen molar-refractivity contribution in [2.75, 3.05) is 18.4 Å². The van der Waals surface area contributed by atoms with E-state index in [1.165, 1.54) is 12.1 Å². The van der Waals surface area contributed by atoms with Crippen molar-refractivity contribution >= 4 is 33.4 Å². The predicted octanol–water partition coefficient (Wildman–Crippen LogP) is 4.25. The Labute approximate surface area is 185 Å². The zero-order valence-corrected chi connectivity index (χ0v) is 18.8. The molecule has 2 aromatic carbocycles. The molecule has 3 rings (SSSR count). The van der Waals surface area contributed by atoms with Gasteiger partial charge in [-0.15, -0.1) is 0 Å². The Morgan fingerprint density at radius 1 is 1.17 bits per heavy atom. The van der Waals surface area contributed by atoms with Crippen LogP contribution in [-0.2, 0) is 16.1 Å². The number of carbonyl (C=O) groups excluding carboxylic acids is 2. The Balaban J connectivity index is 1.46. The average Bonchev–Trinajstić information content (AvgIpc) is 2.74. The summed E-state index contributed by atoms with van der Waals surface area (Å²) in [5.74, 6) is -0.396. The first kappa shape index (κ1) is 22.4. The van der Waals surface area contributed by atoms with Crippen LogP contribution in [-0.4, -0.2) is 35.8 Å². The Morgan fingerprint density at radius 2 is 1.83 bits per heavy atom. The minimum absolute atomic E-state index is 0.0136. The number of halogens is 2. The van der Waals surface area contributed by atoms with Crippen molar-refractivity contribution in [3.63, 3.8) is 0 Å². The molecule has 1 aliphatic heterocycles. The van der Waals surface area contributed by atoms with Crippen LogP contribution in [0.2, 0.25) is 0 Å². The number of hydrogen-bond donors (Lipinski definition) is 2. The maximum Gasteiger partial charge on any atom is 0.241 e. The number of benzene rings is 2. The van der Waals surface area contributed by atoms with Crippen LogP contribution in [0, 0.1) is 18.7 Å². The summed E-state index contributed by atoms with van der Waals surface area (Å²) in [7, 11) is 0. The van der Waals surface area contributed by atoms with Crippen molar-refractivity contribution in [1.29, 1.82) is 0 Å². The zero-order chi connectivity index (χ0) is 21.7. The van der Waals surface area contributed by atoms with Gasteiger partial charge < -0.3 is 10.6 Å². The van der Waals surface area contributed by atoms with Crippen LogP contribution in [0.15, 0.2) is 46.9 Å². The SMILES string of the molecule is Cc1ccc(NC(=O)C(C)N2CCC(C(=O)NCc3ccc(F)cc3)CC2)c(Br)c1. The molecule has 2 aromatic rings. The number of likely N-dealkylation sites (tertiary alicyclic amines) is 1. The molecule has 0 spiro atoms. The maximum absolute atomic E-state index is 13.0. The molecule has 7 heteroatoms. The van der Waals surface area contributed by atoms with E-state index >= 15 is 0 Å². The van der Waals surface area contributed by atoms with Gasteiger partial charge in [0.1, 0.15) is 5.82 Å². The zero-order valence-electron chi connectivity index (χ0n) is 17.3. The van der Waals surface area contributed by atoms with Gasteiger partial charge in [-0.25, -0.2) is 4.39 Å². The molecule has 2 N–H and O–H groups in total. The van der Waals surface area contributed by atoms with E-state index in [0.29, 0.717) is 32.5 Å². The number of nitrogens with zero attached hydrogens (tertiary/aromatic N) is 1. The van der Waals surface area contributed by atoms with Crippen molar-refractivity contribution in [2.24, 2.45) is 5.92 Å². The van der Waals surface area contributed by atoms with Gasteiger partial charge in [0.2, 0.25) is 11.8 Å². The molecular weight excluding hydrogens is 449 g/mol. The summed E-state index contributed by atoms with van der Waals surface area (Å²) in [6, 6.07) is 11.7. The standard InChI is InChI=1S/C23H27BrFN3O2/c1-15-3-8-21(20(24)13-15)27-22(29)16(2)28-11-9-18(10-12-28)23(30)26-14-17-4-6-19(25)7-5-17/h3-8,13,16,18H,9-12,14H2,1-2H3,(H,26,30)(H,27,29). The molecule has 1 unspecified atom stereocenters. The topological polar surface area (TPSA) is 61.4 Å². The van der Waals surface area contributed by atoms with E-state index in [2.05, 4.69) is 31.5 Å². The molecule has 0 saturated carbocycles. The number of nitrogens with one attached hydrogen (secondary N) is 2. The van der Waals surface area contributed by atoms with E-state index in [1.54, 1.807) is 12.1 Å². The van der Waals surface area contributed by atoms with Gasteiger partial charge >= 0.3 is 0 Å². The largest absolute Gasteiger partial charge is 0.352 e. The Morgan fingerprint density at radius 3 is 2.47 bits per heavy atom. The number of piperidine rings is 1. The van der Waals surface area contributed by atoms with Crippen molar-refractivity contribution in [2.45, 2.75) is 39.3 Å². The fourth-order valence-electron chi connectivity index (χ4n) is 3.61. The van der Waals surface area contributed by atoms with Crippen LogP contribution >= 0.6 is 15.9 Å². The van der Waals surface area contributed by atoms with Gasteiger partial charge in [-0.05, 0) is 91.1 Å². The average molecular weight is 476 g/mol. The minimum atomic E-state index is -0.287. The number of hydrogen-bond acceptors (Lipinski definition) is 3. The number of carbonyl (C=O) groups is 2. The highest BCUT2D eigenvalue weighted by Crippen LogP contribution is 2.25. The highest BCUT2D eigenvalue weighted by molar-refractivity contribution is 9.10. The second kappa shape index (κ2) is 10.2. The summed E-state index contributed by atoms with van der Waals surface area (Å²) in [4.78, 5) is 27.2. The third-order valence-electron chi connectivity index (χ3n) is 5.59. The third kappa shape index (κ3) is 5.89. The molecule has 1 aliphatic rings. The van der Waals surface area contributed by atoms with Crippen molar-refractivity contribution in [3.05, 3.63) is 63.9 Å². The first-order chi connectivity index (χ1) is 14.3. The lowest BCUT2D eigenvalue weighted by atomic mass is 9.94. The normalized spacial score (nSPS) is 16.1. The molecule has 5 nitrogen and oxygen atoms in total. The predicted molar refractivity (Wildman–Crippen MR) is 120 cm³/mol. The lowest BCUT2D eigenvalue weighted by Crippen LogP contribution is -2.48. The summed E-state index contributed by atoms with van der Waals surface area (Å²) < 4.78 is 13.8. The van der Waals surface area contributed by atoms with Gasteiger partial charge in [-0.2, -0.15) is 0 Å². The van der Waals surface area contributed by atoms with Crippen LogP contribution < -0.4 is 10.6 Å². The van der Waals surface area contributed by atoms with Crippen molar-refractivity contribution < 1.29 is 14.0 Å². The smallest absolute Gasteiger partial charge is 0.241 e. The van der Waals surface area contributed by atoms with E-state index in [4.69, 9.17) is 0 Å². The molecule has 0 aliphatic carbocycles. The minimum Gasteiger partial charge on any atom is -0.352 e. The van der Waals surface area contributed by atoms with Gasteiger partial charge in [0.25, 0.3) is 0 Å². The molecular formula is C23H27BrFN3O2. The van der Waals surface area contributed by atoms with Gasteiger partial charge in [0.15, 0.2) is 0 Å². The van der Waals surface area contributed by atoms with Crippen LogP contribution in [0.3, 0.4) is 0 Å². The lowest BCUT2D eigenvalue weighted by molar-refractivity contribution is -0.127. The monoisotopic (exact) mass is 475 g/mol. The van der Waals surface area contributed by atoms with Gasteiger partial charge in [0, 0.05) is 16.9 Å². The second-order valence-corrected chi connectivity index (χ2v) is 8.66. The van der Waals surface area contributed by atoms with E-state index in [-0.39, 0.29) is 29.6 Å². The summed E-state index contributed by atoms with van der Waals surface area (Å²) in [6.07, 6.45) is 1.42. The highest BCUT2D eigenvalue weighted by Gasteiger charge is 2.29. The summed E-state index contributed by atoms with van der Waals surface area (Å²) >= 11 is 3.49. The second-order valence-electron chi connectivity index (χ2n) is 7.80. The Kier molecular flexibility index (Phi) is 7.61. The van der Waals surface area contributed by atoms with Crippen molar-refractivity contribution in [1.82, 2.24) is 10.2 Å². The molecule has 1 fully saturated rings. The fraction of sp³-hybridized carbons (Fsp3) is 0.391. The van der Waals surface area contributed by atoms with Crippen LogP contribution in [0.5, 0.6) is 0 Å². The lowest BCUT2D eigenvalue weighted by Gasteiger charge is -2.34. The van der Waals surface area contributed by atoms with Crippen LogP contribution in [0.1, 0.15) is 30.9 Å².